The van der Waals surface area contributed by atoms with Crippen molar-refractivity contribution in [1.82, 2.24) is 42.6 Å². The molecule has 392 valence electrons. The number of carbonyl (C=O) groups is 2. The van der Waals surface area contributed by atoms with Gasteiger partial charge in [0.05, 0.1) is 44.1 Å². The summed E-state index contributed by atoms with van der Waals surface area (Å²) in [5.41, 5.74) is 9.38. The summed E-state index contributed by atoms with van der Waals surface area (Å²) in [5.74, 6) is 0.0134. The fourth-order valence-corrected chi connectivity index (χ4v) is 10.2. The Balaban J connectivity index is 0.000000249. The second-order valence-electron chi connectivity index (χ2n) is 20.5. The van der Waals surface area contributed by atoms with Gasteiger partial charge in [-0.3, -0.25) is 22.2 Å². The maximum absolute atomic E-state index is 12.7. The molecule has 0 unspecified atom stereocenters. The van der Waals surface area contributed by atoms with Crippen LogP contribution in [0.4, 0.5) is 11.6 Å². The Hall–Kier alpha value is -4.68. The lowest BCUT2D eigenvalue weighted by atomic mass is 10.0. The van der Waals surface area contributed by atoms with Crippen LogP contribution in [-0.4, -0.2) is 128 Å². The van der Waals surface area contributed by atoms with Gasteiger partial charge in [-0.05, 0) is 67.6 Å². The van der Waals surface area contributed by atoms with Crippen molar-refractivity contribution in [2.24, 2.45) is 11.7 Å². The molecule has 23 heteroatoms. The van der Waals surface area contributed by atoms with Gasteiger partial charge in [0.2, 0.25) is 0 Å². The fraction of sp³-hybridized carbons (Fsp3) is 0.510. The molecule has 7 N–H and O–H groups in total. The summed E-state index contributed by atoms with van der Waals surface area (Å²) in [6.07, 6.45) is 3.08. The lowest BCUT2D eigenvalue weighted by Crippen LogP contribution is -2.51. The average Bonchev–Trinajstić information content (AvgIpc) is 4.10. The van der Waals surface area contributed by atoms with Crippen molar-refractivity contribution in [3.63, 3.8) is 0 Å². The highest BCUT2D eigenvalue weighted by Gasteiger charge is 2.51. The monoisotopic (exact) mass is 1140 g/mol. The van der Waals surface area contributed by atoms with E-state index in [2.05, 4.69) is 108 Å². The van der Waals surface area contributed by atoms with Crippen molar-refractivity contribution in [2.45, 2.75) is 135 Å². The van der Waals surface area contributed by atoms with Crippen LogP contribution in [0.2, 0.25) is 37.7 Å². The van der Waals surface area contributed by atoms with Crippen LogP contribution in [0, 0.1) is 5.92 Å². The topological polar surface area (TPSA) is 261 Å². The van der Waals surface area contributed by atoms with E-state index < -0.39 is 47.3 Å². The van der Waals surface area contributed by atoms with Crippen LogP contribution in [0.5, 0.6) is 0 Å². The molecule has 6 heterocycles. The number of amides is 2. The first-order chi connectivity index (χ1) is 33.8. The van der Waals surface area contributed by atoms with Gasteiger partial charge in [-0.1, -0.05) is 92.3 Å². The summed E-state index contributed by atoms with van der Waals surface area (Å²) >= 11 is 1.84. The predicted octanol–water partition coefficient (Wildman–Crippen LogP) is 7.87. The molecule has 2 saturated heterocycles. The number of aromatic nitrogens is 8. The molecule has 0 saturated carbocycles. The molecule has 8 rings (SSSR count). The SMILES string of the molecule is C.CC(C)(C)[Si](C)(C)O[C@@H]1[C@H](N)[C@@H](CO)O[C@H]1n1cnc2c(NC(=O)c3ccccc3)ncnc21.C[C@H]1[C@@H](O[Si](C)(C)C(C)(C)C)[C@H](n2cnc3c(NC(=O)c4ccccc4)ncnc32)O[C@@H]1CO.[3H]N(C)I. The molecule has 20 nitrogen and oxygen atoms in total. The number of fused-ring (bicyclic) bond motifs is 2. The molecule has 0 spiro atoms. The number of aliphatic hydroxyl groups excluding tert-OH is 2. The number of benzene rings is 2. The van der Waals surface area contributed by atoms with Crippen LogP contribution < -0.4 is 19.9 Å². The van der Waals surface area contributed by atoms with Crippen molar-refractivity contribution < 1.29 is 39.5 Å². The van der Waals surface area contributed by atoms with Crippen molar-refractivity contribution in [3.8, 4) is 0 Å². The Morgan fingerprint density at radius 1 is 0.708 bits per heavy atom. The van der Waals surface area contributed by atoms with Gasteiger partial charge in [-0.2, -0.15) is 0 Å². The van der Waals surface area contributed by atoms with E-state index in [1.807, 2.05) is 46.5 Å². The van der Waals surface area contributed by atoms with E-state index in [9.17, 15) is 19.8 Å². The second kappa shape index (κ2) is 24.1. The zero-order valence-electron chi connectivity index (χ0n) is 43.4. The lowest BCUT2D eigenvalue weighted by molar-refractivity contribution is -0.0467. The van der Waals surface area contributed by atoms with E-state index in [0.29, 0.717) is 45.1 Å². The minimum absolute atomic E-state index is 0. The number of carbonyl (C=O) groups excluding carboxylic acids is 2. The van der Waals surface area contributed by atoms with E-state index in [1.54, 1.807) is 72.8 Å². The average molecular weight is 1140 g/mol. The van der Waals surface area contributed by atoms with E-state index >= 15 is 0 Å². The Kier molecular flexibility index (Phi) is 19.0. The van der Waals surface area contributed by atoms with Crippen molar-refractivity contribution in [1.29, 1.82) is 0 Å². The van der Waals surface area contributed by atoms with Gasteiger partial charge < -0.3 is 44.9 Å². The van der Waals surface area contributed by atoms with Crippen LogP contribution >= 0.6 is 22.9 Å². The number of ether oxygens (including phenoxy) is 2. The number of hydrogen-bond acceptors (Lipinski definition) is 16. The van der Waals surface area contributed by atoms with E-state index in [0.717, 1.165) is 0 Å². The molecule has 2 fully saturated rings. The predicted molar refractivity (Wildman–Crippen MR) is 293 cm³/mol. The van der Waals surface area contributed by atoms with Gasteiger partial charge >= 0.3 is 0 Å². The number of rotatable bonds is 12. The highest BCUT2D eigenvalue weighted by atomic mass is 127. The van der Waals surface area contributed by atoms with E-state index in [1.165, 1.54) is 16.2 Å². The molecule has 2 aromatic carbocycles. The molecule has 72 heavy (non-hydrogen) atoms. The van der Waals surface area contributed by atoms with Crippen LogP contribution in [-0.2, 0) is 18.3 Å². The van der Waals surface area contributed by atoms with Gasteiger partial charge in [0.1, 0.15) is 26.3 Å². The van der Waals surface area contributed by atoms with Gasteiger partial charge in [0.25, 0.3) is 11.8 Å². The van der Waals surface area contributed by atoms with Gasteiger partial charge in [0, 0.05) is 39.9 Å². The summed E-state index contributed by atoms with van der Waals surface area (Å²) < 4.78 is 37.0. The first-order valence-electron chi connectivity index (χ1n) is 23.8. The summed E-state index contributed by atoms with van der Waals surface area (Å²) in [5, 5.41) is 25.4. The largest absolute Gasteiger partial charge is 0.409 e. The number of aliphatic hydroxyl groups is 2. The zero-order chi connectivity index (χ0) is 52.9. The highest BCUT2D eigenvalue weighted by molar-refractivity contribution is 14.1. The number of nitrogens with zero attached hydrogens (tertiary/aromatic N) is 8. The van der Waals surface area contributed by atoms with E-state index in [-0.39, 0.29) is 60.7 Å². The number of nitrogens with two attached hydrogens (primary N) is 1. The third-order valence-corrected chi connectivity index (χ3v) is 22.7. The van der Waals surface area contributed by atoms with Gasteiger partial charge in [-0.25, -0.2) is 29.9 Å². The molecule has 0 bridgehead atoms. The maximum Gasteiger partial charge on any atom is 0.256 e. The van der Waals surface area contributed by atoms with Crippen LogP contribution in [0.3, 0.4) is 0 Å². The minimum atomic E-state index is -2.21. The standard InChI is InChI=1S/C24H33N5O4Si.C23H32N6O4Si.CH4IN.CH4/c1-15-17(12-30)32-23(19(15)33-34(5,6)24(2,3)4)29-14-27-18-20(25-13-26-21(18)29)28-22(31)16-10-8-7-9-11-16;1-23(2,3)34(4,5)33-18-16(24)15(11-30)32-22(18)29-13-27-17-19(25-12-26-20(17)29)28-21(31)14-9-7-6-8-10-14;1-3-2;/h7-11,13-15,17,19,23,30H,12H2,1-6H3,(H,25,26,28,31);6-10,12-13,15-16,18,22,30H,11,24H2,1-5H3,(H,25,26,28,31);3H,1H3;1H4/t15-,17-,19-,23-;15-,16-,18-,22-;;/m11../s1/i/hT. The minimum Gasteiger partial charge on any atom is -0.409 e. The highest BCUT2D eigenvalue weighted by Crippen LogP contribution is 2.45. The second-order valence-corrected chi connectivity index (χ2v) is 31.0. The number of halogens is 1. The summed E-state index contributed by atoms with van der Waals surface area (Å²) in [7, 11) is -2.69. The Morgan fingerprint density at radius 2 is 1.08 bits per heavy atom. The maximum atomic E-state index is 12.7. The van der Waals surface area contributed by atoms with E-state index in [4.69, 9.17) is 25.5 Å². The molecule has 4 aromatic heterocycles. The number of anilines is 2. The van der Waals surface area contributed by atoms with Crippen molar-refractivity contribution in [3.05, 3.63) is 97.1 Å². The normalized spacial score (nSPS) is 22.6. The number of hydrogen-bond donors (Lipinski definition) is 6. The van der Waals surface area contributed by atoms with Crippen LogP contribution in [0.15, 0.2) is 86.0 Å². The smallest absolute Gasteiger partial charge is 0.256 e. The number of imidazole rings is 2. The van der Waals surface area contributed by atoms with Crippen LogP contribution in [0.25, 0.3) is 22.3 Å². The first kappa shape index (κ1) is 56.6. The van der Waals surface area contributed by atoms with Crippen molar-refractivity contribution >= 4 is 85.3 Å². The third-order valence-electron chi connectivity index (χ3n) is 13.7. The third kappa shape index (κ3) is 12.8. The molecular formula is C49H73IN12O8Si2. The van der Waals surface area contributed by atoms with Gasteiger partial charge in [0.15, 0.2) is 63.1 Å². The molecular weight excluding hydrogens is 1070 g/mol. The number of nitrogens with one attached hydrogen (secondary N) is 3. The summed E-state index contributed by atoms with van der Waals surface area (Å²) in [4.78, 5) is 51.6. The first-order valence-corrected chi connectivity index (χ1v) is 30.2. The Bertz CT molecular complexity index is 2580. The summed E-state index contributed by atoms with van der Waals surface area (Å²) in [6.45, 7) is 23.5. The van der Waals surface area contributed by atoms with Crippen molar-refractivity contribution in [2.75, 3.05) is 30.9 Å². The molecule has 0 aliphatic carbocycles. The zero-order valence-corrected chi connectivity index (χ0v) is 46.6. The quantitative estimate of drug-likeness (QED) is 0.0387. The molecule has 2 aliphatic rings. The lowest BCUT2D eigenvalue weighted by Gasteiger charge is -2.40. The van der Waals surface area contributed by atoms with Crippen LogP contribution in [0.1, 0.15) is 89.1 Å². The fourth-order valence-electron chi connectivity index (χ4n) is 7.56. The molecule has 8 atom stereocenters. The molecule has 6 aromatic rings. The molecule has 2 amide bonds. The van der Waals surface area contributed by atoms with Gasteiger partial charge in [-0.15, -0.1) is 0 Å². The summed E-state index contributed by atoms with van der Waals surface area (Å²) in [6, 6.07) is 17.3. The molecule has 0 radical (unpaired) electrons. The Labute approximate surface area is 439 Å². The molecule has 2 aliphatic heterocycles. The Morgan fingerprint density at radius 3 is 1.47 bits per heavy atom.